The van der Waals surface area contributed by atoms with Gasteiger partial charge in [0.25, 0.3) is 5.91 Å². The van der Waals surface area contributed by atoms with Gasteiger partial charge in [-0.2, -0.15) is 0 Å². The second-order valence-electron chi connectivity index (χ2n) is 6.20. The number of anilines is 1. The van der Waals surface area contributed by atoms with E-state index in [1.165, 1.54) is 25.7 Å². The van der Waals surface area contributed by atoms with Gasteiger partial charge in [-0.05, 0) is 43.2 Å². The van der Waals surface area contributed by atoms with Crippen LogP contribution >= 0.6 is 0 Å². The van der Waals surface area contributed by atoms with E-state index in [9.17, 15) is 4.79 Å². The third-order valence-electron chi connectivity index (χ3n) is 4.92. The Morgan fingerprint density at radius 2 is 1.70 bits per heavy atom. The Kier molecular flexibility index (Phi) is 3.90. The van der Waals surface area contributed by atoms with Crippen molar-refractivity contribution in [3.8, 4) is 0 Å². The van der Waals surface area contributed by atoms with Gasteiger partial charge in [0.1, 0.15) is 0 Å². The Hall–Kier alpha value is -1.57. The van der Waals surface area contributed by atoms with Gasteiger partial charge < -0.3 is 4.90 Å². The van der Waals surface area contributed by atoms with Crippen molar-refractivity contribution in [3.05, 3.63) is 42.5 Å². The van der Waals surface area contributed by atoms with E-state index in [4.69, 9.17) is 0 Å². The number of carbonyl (C=O) groups is 1. The van der Waals surface area contributed by atoms with Crippen LogP contribution in [0.5, 0.6) is 0 Å². The zero-order valence-corrected chi connectivity index (χ0v) is 12.1. The second-order valence-corrected chi connectivity index (χ2v) is 6.20. The van der Waals surface area contributed by atoms with Crippen molar-refractivity contribution in [3.63, 3.8) is 0 Å². The molecular weight excluding hydrogens is 246 g/mol. The molecule has 1 heterocycles. The first kappa shape index (κ1) is 13.4. The van der Waals surface area contributed by atoms with E-state index in [1.54, 1.807) is 0 Å². The van der Waals surface area contributed by atoms with E-state index in [0.717, 1.165) is 36.6 Å². The first-order valence-corrected chi connectivity index (χ1v) is 7.80. The number of amides is 1. The maximum absolute atomic E-state index is 12.6. The summed E-state index contributed by atoms with van der Waals surface area (Å²) in [6, 6.07) is 10.1. The van der Waals surface area contributed by atoms with Gasteiger partial charge in [-0.15, -0.1) is 0 Å². The van der Waals surface area contributed by atoms with Crippen LogP contribution < -0.4 is 4.90 Å². The van der Waals surface area contributed by atoms with Crippen molar-refractivity contribution in [2.45, 2.75) is 38.5 Å². The number of fused-ring (bicyclic) bond motifs is 1. The summed E-state index contributed by atoms with van der Waals surface area (Å²) in [5, 5.41) is 0. The summed E-state index contributed by atoms with van der Waals surface area (Å²) in [4.78, 5) is 14.6. The molecular formula is C18H23NO. The van der Waals surface area contributed by atoms with E-state index in [1.807, 2.05) is 35.2 Å². The Morgan fingerprint density at radius 1 is 1.00 bits per heavy atom. The maximum Gasteiger partial charge on any atom is 0.253 e. The summed E-state index contributed by atoms with van der Waals surface area (Å²) < 4.78 is 0. The molecule has 2 fully saturated rings. The van der Waals surface area contributed by atoms with Crippen LogP contribution in [0, 0.1) is 11.8 Å². The molecule has 106 valence electrons. The lowest BCUT2D eigenvalue weighted by Crippen LogP contribution is -2.41. The van der Waals surface area contributed by atoms with Gasteiger partial charge in [-0.3, -0.25) is 4.79 Å². The number of carbonyl (C=O) groups excluding carboxylic acids is 1. The van der Waals surface area contributed by atoms with Gasteiger partial charge >= 0.3 is 0 Å². The lowest BCUT2D eigenvalue weighted by Gasteiger charge is -2.38. The van der Waals surface area contributed by atoms with Crippen LogP contribution in [-0.2, 0) is 4.79 Å². The standard InChI is InChI=1S/C18H23NO/c1-14-11-12-15-7-5-6-8-16(15)13-19(18(14)20)17-9-3-2-4-10-17/h2-4,9-10,15-16H,1,5-8,11-13H2. The van der Waals surface area contributed by atoms with Crippen molar-refractivity contribution in [1.29, 1.82) is 0 Å². The average molecular weight is 269 g/mol. The van der Waals surface area contributed by atoms with Gasteiger partial charge in [0, 0.05) is 17.8 Å². The van der Waals surface area contributed by atoms with Crippen molar-refractivity contribution in [2.24, 2.45) is 11.8 Å². The summed E-state index contributed by atoms with van der Waals surface area (Å²) in [7, 11) is 0. The molecule has 0 aromatic heterocycles. The monoisotopic (exact) mass is 269 g/mol. The Morgan fingerprint density at radius 3 is 2.45 bits per heavy atom. The number of benzene rings is 1. The summed E-state index contributed by atoms with van der Waals surface area (Å²) in [5.74, 6) is 1.57. The molecule has 1 amide bonds. The molecule has 0 N–H and O–H groups in total. The topological polar surface area (TPSA) is 20.3 Å². The minimum Gasteiger partial charge on any atom is -0.308 e. The number of nitrogens with zero attached hydrogens (tertiary/aromatic N) is 1. The van der Waals surface area contributed by atoms with Crippen molar-refractivity contribution in [2.75, 3.05) is 11.4 Å². The Balaban J connectivity index is 1.88. The van der Waals surface area contributed by atoms with E-state index in [0.29, 0.717) is 5.92 Å². The third-order valence-corrected chi connectivity index (χ3v) is 4.92. The summed E-state index contributed by atoms with van der Waals surface area (Å²) in [5.41, 5.74) is 1.79. The number of rotatable bonds is 1. The molecule has 1 saturated carbocycles. The molecule has 0 spiro atoms. The quantitative estimate of drug-likeness (QED) is 0.700. The molecule has 2 atom stereocenters. The van der Waals surface area contributed by atoms with Gasteiger partial charge in [0.15, 0.2) is 0 Å². The highest BCUT2D eigenvalue weighted by atomic mass is 16.2. The Bertz CT molecular complexity index is 493. The Labute approximate surface area is 121 Å². The molecule has 0 radical (unpaired) electrons. The molecule has 1 saturated heterocycles. The fraction of sp³-hybridized carbons (Fsp3) is 0.500. The van der Waals surface area contributed by atoms with E-state index in [2.05, 4.69) is 6.58 Å². The van der Waals surface area contributed by atoms with E-state index >= 15 is 0 Å². The van der Waals surface area contributed by atoms with Gasteiger partial charge in [-0.25, -0.2) is 0 Å². The van der Waals surface area contributed by atoms with Crippen LogP contribution in [0.25, 0.3) is 0 Å². The molecule has 1 aromatic carbocycles. The maximum atomic E-state index is 12.6. The molecule has 1 aliphatic heterocycles. The molecule has 1 aromatic rings. The van der Waals surface area contributed by atoms with Crippen LogP contribution in [0.4, 0.5) is 5.69 Å². The fourth-order valence-electron chi connectivity index (χ4n) is 3.71. The predicted octanol–water partition coefficient (Wildman–Crippen LogP) is 4.18. The smallest absolute Gasteiger partial charge is 0.253 e. The summed E-state index contributed by atoms with van der Waals surface area (Å²) in [6.07, 6.45) is 7.29. The van der Waals surface area contributed by atoms with Crippen molar-refractivity contribution >= 4 is 11.6 Å². The number of hydrogen-bond acceptors (Lipinski definition) is 1. The average Bonchev–Trinajstić information content (AvgIpc) is 2.50. The van der Waals surface area contributed by atoms with E-state index in [-0.39, 0.29) is 5.91 Å². The molecule has 2 unspecified atom stereocenters. The minimum atomic E-state index is 0.125. The third kappa shape index (κ3) is 2.65. The lowest BCUT2D eigenvalue weighted by atomic mass is 9.75. The number of para-hydroxylation sites is 1. The van der Waals surface area contributed by atoms with Crippen LogP contribution in [0.2, 0.25) is 0 Å². The highest BCUT2D eigenvalue weighted by Gasteiger charge is 2.32. The van der Waals surface area contributed by atoms with Gasteiger partial charge in [0.2, 0.25) is 0 Å². The molecule has 3 rings (SSSR count). The van der Waals surface area contributed by atoms with E-state index < -0.39 is 0 Å². The second kappa shape index (κ2) is 5.82. The van der Waals surface area contributed by atoms with Crippen LogP contribution in [0.15, 0.2) is 42.5 Å². The normalized spacial score (nSPS) is 27.7. The predicted molar refractivity (Wildman–Crippen MR) is 82.6 cm³/mol. The first-order valence-electron chi connectivity index (χ1n) is 7.80. The first-order chi connectivity index (χ1) is 9.75. The highest BCUT2D eigenvalue weighted by Crippen LogP contribution is 2.37. The van der Waals surface area contributed by atoms with Crippen molar-refractivity contribution in [1.82, 2.24) is 0 Å². The fourth-order valence-corrected chi connectivity index (χ4v) is 3.71. The summed E-state index contributed by atoms with van der Waals surface area (Å²) in [6.45, 7) is 4.89. The van der Waals surface area contributed by atoms with Crippen LogP contribution in [0.1, 0.15) is 38.5 Å². The highest BCUT2D eigenvalue weighted by molar-refractivity contribution is 6.05. The zero-order chi connectivity index (χ0) is 13.9. The molecule has 20 heavy (non-hydrogen) atoms. The molecule has 0 bridgehead atoms. The molecule has 2 heteroatoms. The van der Waals surface area contributed by atoms with Gasteiger partial charge in [-0.1, -0.05) is 44.0 Å². The van der Waals surface area contributed by atoms with Crippen LogP contribution in [0.3, 0.4) is 0 Å². The zero-order valence-electron chi connectivity index (χ0n) is 12.1. The van der Waals surface area contributed by atoms with Crippen LogP contribution in [-0.4, -0.2) is 12.5 Å². The lowest BCUT2D eigenvalue weighted by molar-refractivity contribution is -0.115. The van der Waals surface area contributed by atoms with Gasteiger partial charge in [0.05, 0.1) is 0 Å². The minimum absolute atomic E-state index is 0.125. The molecule has 1 aliphatic carbocycles. The largest absolute Gasteiger partial charge is 0.308 e. The summed E-state index contributed by atoms with van der Waals surface area (Å²) >= 11 is 0. The SMILES string of the molecule is C=C1CCC2CCCCC2CN(c2ccccc2)C1=O. The molecule has 2 nitrogen and oxygen atoms in total. The van der Waals surface area contributed by atoms with Crippen molar-refractivity contribution < 1.29 is 4.79 Å². The number of hydrogen-bond donors (Lipinski definition) is 0. The molecule has 2 aliphatic rings.